The van der Waals surface area contributed by atoms with Crippen LogP contribution in [0.4, 0.5) is 0 Å². The van der Waals surface area contributed by atoms with Crippen LogP contribution in [0.25, 0.3) is 0 Å². The van der Waals surface area contributed by atoms with Crippen LogP contribution in [-0.4, -0.2) is 23.3 Å². The Hall–Kier alpha value is -0.830. The average molecular weight is 415 g/mol. The molecule has 30 heavy (non-hydrogen) atoms. The van der Waals surface area contributed by atoms with Gasteiger partial charge in [0.1, 0.15) is 6.10 Å². The molecule has 9 atom stereocenters. The first-order valence-electron chi connectivity index (χ1n) is 12.6. The molecule has 1 heterocycles. The molecule has 0 saturated heterocycles. The Balaban J connectivity index is 1.59. The zero-order valence-electron chi connectivity index (χ0n) is 20.0. The Morgan fingerprint density at radius 3 is 2.40 bits per heavy atom. The van der Waals surface area contributed by atoms with Gasteiger partial charge in [0.05, 0.1) is 6.10 Å². The van der Waals surface area contributed by atoms with Crippen molar-refractivity contribution < 1.29 is 14.6 Å². The van der Waals surface area contributed by atoms with E-state index < -0.39 is 11.5 Å². The van der Waals surface area contributed by atoms with Crippen LogP contribution in [0.15, 0.2) is 11.1 Å². The fourth-order valence-corrected chi connectivity index (χ4v) is 10.0. The van der Waals surface area contributed by atoms with Crippen molar-refractivity contribution in [3.8, 4) is 0 Å². The molecule has 3 saturated carbocycles. The topological polar surface area (TPSA) is 46.5 Å². The maximum atomic E-state index is 12.9. The molecule has 3 nitrogen and oxygen atoms in total. The summed E-state index contributed by atoms with van der Waals surface area (Å²) >= 11 is 0. The van der Waals surface area contributed by atoms with Crippen molar-refractivity contribution in [3.05, 3.63) is 11.1 Å². The van der Waals surface area contributed by atoms with E-state index in [-0.39, 0.29) is 17.5 Å². The zero-order chi connectivity index (χ0) is 21.7. The molecule has 5 rings (SSSR count). The van der Waals surface area contributed by atoms with Gasteiger partial charge in [-0.15, -0.1) is 0 Å². The quantitative estimate of drug-likeness (QED) is 0.531. The minimum atomic E-state index is -0.452. The number of aliphatic hydroxyl groups excluding tert-OH is 1. The van der Waals surface area contributed by atoms with Gasteiger partial charge in [-0.3, -0.25) is 0 Å². The summed E-state index contributed by atoms with van der Waals surface area (Å²) in [5, 5.41) is 11.7. The van der Waals surface area contributed by atoms with Gasteiger partial charge < -0.3 is 9.84 Å². The molecule has 0 radical (unpaired) electrons. The zero-order valence-corrected chi connectivity index (χ0v) is 20.0. The van der Waals surface area contributed by atoms with Gasteiger partial charge in [-0.25, -0.2) is 4.79 Å². The Morgan fingerprint density at radius 1 is 1.00 bits per heavy atom. The number of carbonyl (C=O) groups excluding carboxylic acids is 1. The molecule has 1 aliphatic heterocycles. The van der Waals surface area contributed by atoms with Crippen LogP contribution in [0.2, 0.25) is 0 Å². The smallest absolute Gasteiger partial charge is 0.335 e. The highest BCUT2D eigenvalue weighted by molar-refractivity contribution is 5.94. The number of fused-ring (bicyclic) bond motifs is 6. The van der Waals surface area contributed by atoms with Crippen LogP contribution in [0.5, 0.6) is 0 Å². The normalized spacial score (nSPS) is 55.3. The number of rotatable bonds is 1. The summed E-state index contributed by atoms with van der Waals surface area (Å²) in [6, 6.07) is 0. The van der Waals surface area contributed by atoms with Crippen LogP contribution in [0, 0.1) is 39.4 Å². The number of hydrogen-bond donors (Lipinski definition) is 1. The average Bonchev–Trinajstić information content (AvgIpc) is 2.98. The molecule has 0 aromatic rings. The van der Waals surface area contributed by atoms with E-state index in [1.54, 1.807) is 0 Å². The standard InChI is InChI=1S/C27H42O3/c1-7-24(3)12-8-13-25(4)18(24)11-14-26(5)19-10-9-17-16(2)30-23(29)22(17)27(19,6)21(28)15-20(25)26/h16,18-21,28H,7-15H2,1-6H3/t16?,18-,19-,20+,21-,24-,25-,26-,27+/m0/s1. The number of aliphatic hydroxyl groups is 1. The maximum Gasteiger partial charge on any atom is 0.335 e. The van der Waals surface area contributed by atoms with E-state index >= 15 is 0 Å². The van der Waals surface area contributed by atoms with E-state index in [0.717, 1.165) is 30.8 Å². The highest BCUT2D eigenvalue weighted by atomic mass is 16.5. The molecule has 0 bridgehead atoms. The maximum absolute atomic E-state index is 12.9. The summed E-state index contributed by atoms with van der Waals surface area (Å²) in [5.74, 6) is 1.51. The number of ether oxygens (including phenoxy) is 1. The van der Waals surface area contributed by atoms with Gasteiger partial charge in [0, 0.05) is 11.0 Å². The van der Waals surface area contributed by atoms with E-state index in [4.69, 9.17) is 4.74 Å². The van der Waals surface area contributed by atoms with Gasteiger partial charge in [-0.05, 0) is 91.4 Å². The number of esters is 1. The predicted octanol–water partition coefficient (Wildman–Crippen LogP) is 6.05. The first-order chi connectivity index (χ1) is 14.0. The Morgan fingerprint density at radius 2 is 1.70 bits per heavy atom. The third-order valence-electron chi connectivity index (χ3n) is 11.7. The molecule has 1 N–H and O–H groups in total. The van der Waals surface area contributed by atoms with Crippen LogP contribution in [-0.2, 0) is 9.53 Å². The van der Waals surface area contributed by atoms with Gasteiger partial charge in [-0.1, -0.05) is 47.5 Å². The number of carbonyl (C=O) groups is 1. The minimum absolute atomic E-state index is 0.111. The fourth-order valence-electron chi connectivity index (χ4n) is 10.0. The van der Waals surface area contributed by atoms with E-state index in [0.29, 0.717) is 22.7 Å². The summed E-state index contributed by atoms with van der Waals surface area (Å²) in [4.78, 5) is 12.9. The van der Waals surface area contributed by atoms with E-state index in [1.807, 2.05) is 6.92 Å². The van der Waals surface area contributed by atoms with Gasteiger partial charge in [-0.2, -0.15) is 0 Å². The summed E-state index contributed by atoms with van der Waals surface area (Å²) in [6.45, 7) is 14.2. The lowest BCUT2D eigenvalue weighted by Gasteiger charge is -2.70. The monoisotopic (exact) mass is 414 g/mol. The molecule has 0 aromatic heterocycles. The van der Waals surface area contributed by atoms with E-state index in [1.165, 1.54) is 44.1 Å². The highest BCUT2D eigenvalue weighted by Crippen LogP contribution is 2.73. The molecule has 0 spiro atoms. The molecule has 1 unspecified atom stereocenters. The van der Waals surface area contributed by atoms with Gasteiger partial charge in [0.2, 0.25) is 0 Å². The molecule has 5 aliphatic rings. The number of hydrogen-bond acceptors (Lipinski definition) is 3. The fraction of sp³-hybridized carbons (Fsp3) is 0.889. The van der Waals surface area contributed by atoms with Gasteiger partial charge in [0.25, 0.3) is 0 Å². The van der Waals surface area contributed by atoms with Crippen LogP contribution in [0.3, 0.4) is 0 Å². The van der Waals surface area contributed by atoms with Crippen LogP contribution < -0.4 is 0 Å². The first-order valence-corrected chi connectivity index (χ1v) is 12.6. The Kier molecular flexibility index (Phi) is 4.46. The Labute approximate surface area is 183 Å². The summed E-state index contributed by atoms with van der Waals surface area (Å²) < 4.78 is 5.66. The molecule has 0 aromatic carbocycles. The lowest BCUT2D eigenvalue weighted by atomic mass is 9.35. The largest absolute Gasteiger partial charge is 0.455 e. The second-order valence-corrected chi connectivity index (χ2v) is 12.6. The predicted molar refractivity (Wildman–Crippen MR) is 119 cm³/mol. The summed E-state index contributed by atoms with van der Waals surface area (Å²) in [5.41, 5.74) is 2.51. The summed E-state index contributed by atoms with van der Waals surface area (Å²) in [6.07, 6.45) is 10.1. The molecule has 168 valence electrons. The molecular formula is C27H42O3. The second kappa shape index (κ2) is 6.36. The molecular weight excluding hydrogens is 372 g/mol. The lowest BCUT2D eigenvalue weighted by Crippen LogP contribution is -2.65. The molecule has 4 aliphatic carbocycles. The summed E-state index contributed by atoms with van der Waals surface area (Å²) in [7, 11) is 0. The van der Waals surface area contributed by atoms with Crippen molar-refractivity contribution >= 4 is 5.97 Å². The highest BCUT2D eigenvalue weighted by Gasteiger charge is 2.69. The van der Waals surface area contributed by atoms with Crippen LogP contribution >= 0.6 is 0 Å². The van der Waals surface area contributed by atoms with Crippen molar-refractivity contribution in [2.75, 3.05) is 0 Å². The second-order valence-electron chi connectivity index (χ2n) is 12.6. The number of cyclic esters (lactones) is 1. The third kappa shape index (κ3) is 2.34. The van der Waals surface area contributed by atoms with E-state index in [2.05, 4.69) is 34.6 Å². The SMILES string of the molecule is CC[C@@]1(C)CCC[C@]2(C)[C@H]3C[C@H](O)[C@]4(C)C5=C(CC[C@H]4[C@]3(C)CC[C@@H]12)C(C)OC5=O. The molecule has 0 amide bonds. The van der Waals surface area contributed by atoms with Crippen molar-refractivity contribution in [1.82, 2.24) is 0 Å². The van der Waals surface area contributed by atoms with Gasteiger partial charge >= 0.3 is 5.97 Å². The first kappa shape index (κ1) is 21.0. The Bertz CT molecular complexity index is 800. The lowest BCUT2D eigenvalue weighted by molar-refractivity contribution is -0.220. The van der Waals surface area contributed by atoms with Crippen molar-refractivity contribution in [3.63, 3.8) is 0 Å². The van der Waals surface area contributed by atoms with Gasteiger partial charge in [0.15, 0.2) is 0 Å². The van der Waals surface area contributed by atoms with Crippen molar-refractivity contribution in [2.24, 2.45) is 39.4 Å². The minimum Gasteiger partial charge on any atom is -0.455 e. The van der Waals surface area contributed by atoms with Crippen molar-refractivity contribution in [2.45, 2.75) is 112 Å². The third-order valence-corrected chi connectivity index (χ3v) is 11.7. The van der Waals surface area contributed by atoms with Crippen LogP contribution in [0.1, 0.15) is 99.3 Å². The molecule has 3 heteroatoms. The van der Waals surface area contributed by atoms with E-state index in [9.17, 15) is 9.90 Å². The molecule has 3 fully saturated rings. The van der Waals surface area contributed by atoms with Crippen molar-refractivity contribution in [1.29, 1.82) is 0 Å².